The molecule has 0 spiro atoms. The summed E-state index contributed by atoms with van der Waals surface area (Å²) in [6, 6.07) is 12.9. The number of benzene rings is 1. The average Bonchev–Trinajstić information content (AvgIpc) is 3.43. The quantitative estimate of drug-likeness (QED) is 0.611. The number of aromatic nitrogens is 1. The smallest absolute Gasteiger partial charge is 0.344 e. The number of carbonyl (C=O) groups is 3. The van der Waals surface area contributed by atoms with Gasteiger partial charge in [0.1, 0.15) is 11.6 Å². The molecule has 4 amide bonds. The first-order chi connectivity index (χ1) is 14.5. The van der Waals surface area contributed by atoms with Crippen molar-refractivity contribution in [2.75, 3.05) is 13.1 Å². The molecule has 3 heterocycles. The molecule has 30 heavy (non-hydrogen) atoms. The van der Waals surface area contributed by atoms with Crippen LogP contribution in [-0.2, 0) is 22.2 Å². The van der Waals surface area contributed by atoms with Crippen molar-refractivity contribution in [3.05, 3.63) is 59.9 Å². The summed E-state index contributed by atoms with van der Waals surface area (Å²) in [5, 5.41) is 3.62. The minimum Gasteiger partial charge on any atom is -0.350 e. The summed E-state index contributed by atoms with van der Waals surface area (Å²) >= 11 is 0. The topological polar surface area (TPSA) is 87.9 Å². The summed E-state index contributed by atoms with van der Waals surface area (Å²) in [4.78, 5) is 39.6. The van der Waals surface area contributed by atoms with Gasteiger partial charge < -0.3 is 14.8 Å². The van der Waals surface area contributed by atoms with Crippen LogP contribution in [0.25, 0.3) is 0 Å². The van der Waals surface area contributed by atoms with Crippen molar-refractivity contribution >= 4 is 17.8 Å². The lowest BCUT2D eigenvalue weighted by atomic mass is 9.87. The maximum absolute atomic E-state index is 13.2. The van der Waals surface area contributed by atoms with E-state index in [0.717, 1.165) is 29.3 Å². The zero-order chi connectivity index (χ0) is 21.3. The maximum atomic E-state index is 13.2. The highest BCUT2D eigenvalue weighted by Crippen LogP contribution is 2.31. The van der Waals surface area contributed by atoms with Crippen molar-refractivity contribution in [3.63, 3.8) is 0 Å². The number of quaternary nitrogens is 1. The maximum Gasteiger partial charge on any atom is 0.344 e. The van der Waals surface area contributed by atoms with Gasteiger partial charge in [-0.2, -0.15) is 5.01 Å². The minimum atomic E-state index is -1.16. The zero-order valence-electron chi connectivity index (χ0n) is 17.4. The van der Waals surface area contributed by atoms with Crippen LogP contribution in [0.2, 0.25) is 0 Å². The number of hydrazine groups is 1. The first kappa shape index (κ1) is 20.2. The molecule has 0 aliphatic carbocycles. The fraction of sp³-hybridized carbons (Fsp3) is 0.409. The fourth-order valence-corrected chi connectivity index (χ4v) is 4.73. The lowest BCUT2D eigenvalue weighted by molar-refractivity contribution is -0.911. The van der Waals surface area contributed by atoms with Crippen LogP contribution in [0.3, 0.4) is 0 Å². The molecule has 2 aliphatic rings. The number of rotatable bonds is 6. The van der Waals surface area contributed by atoms with Crippen LogP contribution in [0, 0.1) is 0 Å². The lowest BCUT2D eigenvalue weighted by Crippen LogP contribution is -3.11. The molecule has 1 aromatic heterocycles. The van der Waals surface area contributed by atoms with E-state index in [1.165, 1.54) is 5.69 Å². The molecule has 0 radical (unpaired) electrons. The Labute approximate surface area is 175 Å². The summed E-state index contributed by atoms with van der Waals surface area (Å²) in [6.45, 7) is 2.93. The third kappa shape index (κ3) is 3.37. The van der Waals surface area contributed by atoms with Gasteiger partial charge in [-0.1, -0.05) is 37.3 Å². The number of nitrogens with zero attached hydrogens (tertiary/aromatic N) is 2. The predicted octanol–water partition coefficient (Wildman–Crippen LogP) is 0.633. The van der Waals surface area contributed by atoms with E-state index in [-0.39, 0.29) is 18.5 Å². The molecule has 1 unspecified atom stereocenters. The third-order valence-electron chi connectivity index (χ3n) is 6.34. The van der Waals surface area contributed by atoms with Crippen LogP contribution in [0.1, 0.15) is 43.5 Å². The number of hydrogen-bond acceptors (Lipinski definition) is 3. The number of hydrogen-bond donors (Lipinski definition) is 3. The molecule has 4 rings (SSSR count). The average molecular weight is 410 g/mol. The largest absolute Gasteiger partial charge is 0.350 e. The van der Waals surface area contributed by atoms with Crippen molar-refractivity contribution in [3.8, 4) is 0 Å². The van der Waals surface area contributed by atoms with Gasteiger partial charge in [-0.05, 0) is 24.1 Å². The summed E-state index contributed by atoms with van der Waals surface area (Å²) < 4.78 is 2.08. The van der Waals surface area contributed by atoms with Crippen molar-refractivity contribution in [1.29, 1.82) is 0 Å². The number of amides is 4. The van der Waals surface area contributed by atoms with Crippen molar-refractivity contribution in [2.45, 2.75) is 37.8 Å². The monoisotopic (exact) mass is 410 g/mol. The Morgan fingerprint density at radius 3 is 2.67 bits per heavy atom. The van der Waals surface area contributed by atoms with Gasteiger partial charge in [-0.3, -0.25) is 15.0 Å². The van der Waals surface area contributed by atoms with Gasteiger partial charge in [0, 0.05) is 26.1 Å². The molecule has 8 heteroatoms. The van der Waals surface area contributed by atoms with Crippen LogP contribution in [0.5, 0.6) is 0 Å². The molecule has 158 valence electrons. The Morgan fingerprint density at radius 1 is 1.23 bits per heavy atom. The molecule has 2 aliphatic heterocycles. The Kier molecular flexibility index (Phi) is 5.34. The second-order valence-electron chi connectivity index (χ2n) is 8.05. The zero-order valence-corrected chi connectivity index (χ0v) is 17.4. The van der Waals surface area contributed by atoms with Crippen LogP contribution in [-0.4, -0.2) is 40.5 Å². The highest BCUT2D eigenvalue weighted by Gasteiger charge is 2.52. The van der Waals surface area contributed by atoms with E-state index in [9.17, 15) is 14.4 Å². The fourth-order valence-electron chi connectivity index (χ4n) is 4.73. The van der Waals surface area contributed by atoms with Gasteiger partial charge in [0.25, 0.3) is 11.8 Å². The molecule has 8 nitrogen and oxygen atoms in total. The summed E-state index contributed by atoms with van der Waals surface area (Å²) in [6.07, 6.45) is 4.44. The Balaban J connectivity index is 1.46. The second kappa shape index (κ2) is 7.95. The SMILES string of the molecule is CC[C@]1(c2ccccc2)NC(=O)N(NC(=O)C[NH+]2CCC[C@@H]2c2cccn2C)C1=O. The van der Waals surface area contributed by atoms with E-state index < -0.39 is 17.5 Å². The summed E-state index contributed by atoms with van der Waals surface area (Å²) in [5.74, 6) is -0.792. The van der Waals surface area contributed by atoms with E-state index >= 15 is 0 Å². The summed E-state index contributed by atoms with van der Waals surface area (Å²) in [5.41, 5.74) is 3.29. The summed E-state index contributed by atoms with van der Waals surface area (Å²) in [7, 11) is 2.01. The number of nitrogens with one attached hydrogen (secondary N) is 3. The van der Waals surface area contributed by atoms with E-state index in [4.69, 9.17) is 0 Å². The van der Waals surface area contributed by atoms with Crippen LogP contribution in [0.15, 0.2) is 48.7 Å². The van der Waals surface area contributed by atoms with Gasteiger partial charge in [0.15, 0.2) is 6.54 Å². The first-order valence-corrected chi connectivity index (χ1v) is 10.4. The molecule has 2 fully saturated rings. The highest BCUT2D eigenvalue weighted by molar-refractivity contribution is 6.08. The van der Waals surface area contributed by atoms with Gasteiger partial charge in [0.2, 0.25) is 0 Å². The normalized spacial score (nSPS) is 26.1. The van der Waals surface area contributed by atoms with Crippen molar-refractivity contribution < 1.29 is 19.3 Å². The van der Waals surface area contributed by atoms with Gasteiger partial charge in [-0.15, -0.1) is 0 Å². The highest BCUT2D eigenvalue weighted by atomic mass is 16.2. The molecule has 2 aromatic rings. The molecule has 3 N–H and O–H groups in total. The van der Waals surface area contributed by atoms with Crippen LogP contribution < -0.4 is 15.6 Å². The molecule has 0 bridgehead atoms. The third-order valence-corrected chi connectivity index (χ3v) is 6.34. The standard InChI is InChI=1S/C22H27N5O3/c1-3-22(16-9-5-4-6-10-16)20(29)27(21(30)23-22)24-19(28)15-26-14-8-12-18(26)17-11-7-13-25(17)2/h4-7,9-11,13,18H,3,8,12,14-15H2,1-2H3,(H,23,30)(H,24,28)/p+1/t18-,22-/m1/s1. The van der Waals surface area contributed by atoms with E-state index in [0.29, 0.717) is 12.0 Å². The van der Waals surface area contributed by atoms with Gasteiger partial charge in [-0.25, -0.2) is 4.79 Å². The van der Waals surface area contributed by atoms with Crippen LogP contribution >= 0.6 is 0 Å². The Bertz CT molecular complexity index is 957. The number of urea groups is 1. The number of likely N-dealkylation sites (tertiary alicyclic amines) is 1. The molecule has 3 atom stereocenters. The Hall–Kier alpha value is -3.13. The second-order valence-corrected chi connectivity index (χ2v) is 8.05. The number of carbonyl (C=O) groups excluding carboxylic acids is 3. The predicted molar refractivity (Wildman–Crippen MR) is 110 cm³/mol. The Morgan fingerprint density at radius 2 is 2.00 bits per heavy atom. The van der Waals surface area contributed by atoms with E-state index in [2.05, 4.69) is 21.4 Å². The van der Waals surface area contributed by atoms with Gasteiger partial charge in [0.05, 0.1) is 12.2 Å². The molecular weight excluding hydrogens is 382 g/mol. The van der Waals surface area contributed by atoms with Crippen LogP contribution in [0.4, 0.5) is 4.79 Å². The number of aryl methyl sites for hydroxylation is 1. The van der Waals surface area contributed by atoms with Gasteiger partial charge >= 0.3 is 6.03 Å². The number of imide groups is 1. The molecule has 0 saturated carbocycles. The lowest BCUT2D eigenvalue weighted by Gasteiger charge is -2.26. The minimum absolute atomic E-state index is 0.206. The van der Waals surface area contributed by atoms with E-state index in [1.54, 1.807) is 0 Å². The van der Waals surface area contributed by atoms with E-state index in [1.807, 2.05) is 56.6 Å². The molecule has 2 saturated heterocycles. The molecular formula is C22H28N5O3+. The first-order valence-electron chi connectivity index (χ1n) is 10.4. The van der Waals surface area contributed by atoms with Crippen molar-refractivity contribution in [1.82, 2.24) is 20.3 Å². The van der Waals surface area contributed by atoms with Crippen molar-refractivity contribution in [2.24, 2.45) is 7.05 Å². The molecule has 1 aromatic carbocycles.